The number of Topliss-reactive ketones (excluding diaryl/α,β-unsaturated/α-hetero) is 2. The molecule has 38 heavy (non-hydrogen) atoms. The maximum absolute atomic E-state index is 14.2. The number of carbonyl (C=O) groups is 2. The predicted molar refractivity (Wildman–Crippen MR) is 141 cm³/mol. The van der Waals surface area contributed by atoms with Crippen LogP contribution in [0, 0.1) is 29.9 Å². The van der Waals surface area contributed by atoms with Crippen molar-refractivity contribution >= 4 is 11.6 Å². The molecule has 1 aliphatic heterocycles. The van der Waals surface area contributed by atoms with Crippen LogP contribution in [0.4, 0.5) is 8.78 Å². The second-order valence-corrected chi connectivity index (χ2v) is 11.8. The predicted octanol–water partition coefficient (Wildman–Crippen LogP) is 6.18. The van der Waals surface area contributed by atoms with E-state index in [-0.39, 0.29) is 41.4 Å². The van der Waals surface area contributed by atoms with Gasteiger partial charge in [0.15, 0.2) is 11.5 Å². The zero-order chi connectivity index (χ0) is 27.7. The average Bonchev–Trinajstić information content (AvgIpc) is 3.27. The van der Waals surface area contributed by atoms with E-state index >= 15 is 0 Å². The summed E-state index contributed by atoms with van der Waals surface area (Å²) in [7, 11) is 0. The SMILES string of the molecule is Cc1cccc(C(C)(C)CC(=O)CC2(CC(=O)c3cc(-c4ccc(F)cc4F)on3)CN(CC(C)C)C2)n1. The fraction of sp³-hybridized carbons (Fsp3) is 0.467. The largest absolute Gasteiger partial charge is 0.355 e. The second-order valence-electron chi connectivity index (χ2n) is 11.8. The highest BCUT2D eigenvalue weighted by molar-refractivity contribution is 5.96. The van der Waals surface area contributed by atoms with Crippen molar-refractivity contribution in [2.75, 3.05) is 19.6 Å². The molecule has 1 aliphatic rings. The highest BCUT2D eigenvalue weighted by Crippen LogP contribution is 2.41. The van der Waals surface area contributed by atoms with Crippen LogP contribution in [0.25, 0.3) is 11.3 Å². The van der Waals surface area contributed by atoms with Gasteiger partial charge in [-0.15, -0.1) is 0 Å². The van der Waals surface area contributed by atoms with Crippen molar-refractivity contribution in [2.45, 2.75) is 59.3 Å². The Morgan fingerprint density at radius 3 is 2.50 bits per heavy atom. The quantitative estimate of drug-likeness (QED) is 0.279. The fourth-order valence-corrected chi connectivity index (χ4v) is 5.47. The van der Waals surface area contributed by atoms with E-state index in [4.69, 9.17) is 4.52 Å². The molecule has 0 N–H and O–H groups in total. The molecule has 3 aromatic rings. The molecule has 4 rings (SSSR count). The topological polar surface area (TPSA) is 76.3 Å². The van der Waals surface area contributed by atoms with E-state index in [1.165, 1.54) is 12.1 Å². The van der Waals surface area contributed by atoms with Gasteiger partial charge in [0.25, 0.3) is 0 Å². The van der Waals surface area contributed by atoms with Crippen LogP contribution in [0.3, 0.4) is 0 Å². The number of likely N-dealkylation sites (tertiary alicyclic amines) is 1. The van der Waals surface area contributed by atoms with Gasteiger partial charge in [-0.1, -0.05) is 38.9 Å². The molecule has 2 aromatic heterocycles. The molecule has 0 amide bonds. The van der Waals surface area contributed by atoms with Gasteiger partial charge in [-0.25, -0.2) is 8.78 Å². The monoisotopic (exact) mass is 523 g/mol. The van der Waals surface area contributed by atoms with Gasteiger partial charge in [0, 0.05) is 73.2 Å². The van der Waals surface area contributed by atoms with E-state index in [9.17, 15) is 18.4 Å². The maximum Gasteiger partial charge on any atom is 0.185 e. The fourth-order valence-electron chi connectivity index (χ4n) is 5.47. The molecular weight excluding hydrogens is 488 g/mol. The van der Waals surface area contributed by atoms with Crippen LogP contribution in [0.2, 0.25) is 0 Å². The summed E-state index contributed by atoms with van der Waals surface area (Å²) in [6.45, 7) is 12.4. The zero-order valence-electron chi connectivity index (χ0n) is 22.7. The number of pyridine rings is 1. The number of carbonyl (C=O) groups excluding carboxylic acids is 2. The Kier molecular flexibility index (Phi) is 7.93. The number of hydrogen-bond donors (Lipinski definition) is 0. The van der Waals surface area contributed by atoms with Crippen molar-refractivity contribution < 1.29 is 22.9 Å². The number of aromatic nitrogens is 2. The van der Waals surface area contributed by atoms with Crippen LogP contribution in [0.15, 0.2) is 47.0 Å². The molecule has 0 atom stereocenters. The van der Waals surface area contributed by atoms with Gasteiger partial charge in [-0.2, -0.15) is 0 Å². The van der Waals surface area contributed by atoms with Gasteiger partial charge in [0.2, 0.25) is 0 Å². The summed E-state index contributed by atoms with van der Waals surface area (Å²) in [5.41, 5.74) is 0.939. The summed E-state index contributed by atoms with van der Waals surface area (Å²) >= 11 is 0. The lowest BCUT2D eigenvalue weighted by Gasteiger charge is -2.50. The third-order valence-electron chi connectivity index (χ3n) is 7.06. The summed E-state index contributed by atoms with van der Waals surface area (Å²) in [4.78, 5) is 33.5. The summed E-state index contributed by atoms with van der Waals surface area (Å²) in [5, 5.41) is 3.86. The van der Waals surface area contributed by atoms with Crippen molar-refractivity contribution in [3.05, 3.63) is 71.2 Å². The Morgan fingerprint density at radius 1 is 1.11 bits per heavy atom. The number of rotatable bonds is 11. The Hall–Kier alpha value is -3.26. The molecule has 6 nitrogen and oxygen atoms in total. The van der Waals surface area contributed by atoms with Crippen molar-refractivity contribution in [1.29, 1.82) is 0 Å². The molecule has 0 unspecified atom stereocenters. The first-order chi connectivity index (χ1) is 17.9. The molecule has 0 saturated carbocycles. The first-order valence-corrected chi connectivity index (χ1v) is 13.0. The van der Waals surface area contributed by atoms with Gasteiger partial charge in [-0.3, -0.25) is 14.6 Å². The van der Waals surface area contributed by atoms with E-state index in [0.717, 1.165) is 30.1 Å². The summed E-state index contributed by atoms with van der Waals surface area (Å²) in [6.07, 6.45) is 0.732. The number of halogens is 2. The molecule has 0 bridgehead atoms. The molecular formula is C30H35F2N3O3. The Labute approximate surface area is 222 Å². The highest BCUT2D eigenvalue weighted by atomic mass is 19.1. The van der Waals surface area contributed by atoms with Crippen LogP contribution >= 0.6 is 0 Å². The zero-order valence-corrected chi connectivity index (χ0v) is 22.7. The lowest BCUT2D eigenvalue weighted by atomic mass is 9.69. The van der Waals surface area contributed by atoms with Crippen molar-refractivity contribution in [2.24, 2.45) is 11.3 Å². The van der Waals surface area contributed by atoms with E-state index in [2.05, 4.69) is 28.9 Å². The lowest BCUT2D eigenvalue weighted by Crippen LogP contribution is -2.58. The molecule has 1 saturated heterocycles. The minimum Gasteiger partial charge on any atom is -0.355 e. The van der Waals surface area contributed by atoms with Crippen LogP contribution < -0.4 is 0 Å². The summed E-state index contributed by atoms with van der Waals surface area (Å²) in [6, 6.07) is 10.3. The van der Waals surface area contributed by atoms with Crippen LogP contribution in [-0.4, -0.2) is 46.2 Å². The molecule has 1 aromatic carbocycles. The van der Waals surface area contributed by atoms with Gasteiger partial charge in [0.1, 0.15) is 23.1 Å². The molecule has 0 aliphatic carbocycles. The Morgan fingerprint density at radius 2 is 1.84 bits per heavy atom. The maximum atomic E-state index is 14.2. The highest BCUT2D eigenvalue weighted by Gasteiger charge is 2.46. The van der Waals surface area contributed by atoms with Gasteiger partial charge >= 0.3 is 0 Å². The molecule has 1 fully saturated rings. The molecule has 3 heterocycles. The first kappa shape index (κ1) is 27.8. The third-order valence-corrected chi connectivity index (χ3v) is 7.06. The van der Waals surface area contributed by atoms with E-state index < -0.39 is 22.5 Å². The van der Waals surface area contributed by atoms with Crippen molar-refractivity contribution in [1.82, 2.24) is 15.0 Å². The minimum absolute atomic E-state index is 0.0292. The summed E-state index contributed by atoms with van der Waals surface area (Å²) < 4.78 is 32.7. The smallest absolute Gasteiger partial charge is 0.185 e. The van der Waals surface area contributed by atoms with E-state index in [1.807, 2.05) is 39.0 Å². The second kappa shape index (κ2) is 10.8. The summed E-state index contributed by atoms with van der Waals surface area (Å²) in [5.74, 6) is -1.15. The van der Waals surface area contributed by atoms with Gasteiger partial charge < -0.3 is 9.42 Å². The third kappa shape index (κ3) is 6.41. The average molecular weight is 524 g/mol. The van der Waals surface area contributed by atoms with Crippen molar-refractivity contribution in [3.8, 4) is 11.3 Å². The normalized spacial score (nSPS) is 15.5. The first-order valence-electron chi connectivity index (χ1n) is 13.0. The molecule has 8 heteroatoms. The van der Waals surface area contributed by atoms with Crippen LogP contribution in [0.1, 0.15) is 68.8 Å². The van der Waals surface area contributed by atoms with Crippen molar-refractivity contribution in [3.63, 3.8) is 0 Å². The molecule has 0 spiro atoms. The minimum atomic E-state index is -0.795. The Balaban J connectivity index is 1.49. The van der Waals surface area contributed by atoms with E-state index in [1.54, 1.807) is 0 Å². The number of benzene rings is 1. The molecule has 0 radical (unpaired) electrons. The standard InChI is InChI=1S/C30H35F2N3O3/c1-19(2)16-35-17-30(18-35,14-22(36)13-29(4,5)28-8-6-7-20(3)33-28)15-26(37)25-12-27(38-34-25)23-10-9-21(31)11-24(23)32/h6-12,19H,13-18H2,1-5H3. The van der Waals surface area contributed by atoms with Gasteiger partial charge in [-0.05, 0) is 37.1 Å². The number of hydrogen-bond acceptors (Lipinski definition) is 6. The van der Waals surface area contributed by atoms with E-state index in [0.29, 0.717) is 25.4 Å². The van der Waals surface area contributed by atoms with Crippen LogP contribution in [-0.2, 0) is 10.2 Å². The Bertz CT molecular complexity index is 1330. The number of ketones is 2. The molecule has 202 valence electrons. The van der Waals surface area contributed by atoms with Gasteiger partial charge in [0.05, 0.1) is 5.56 Å². The lowest BCUT2D eigenvalue weighted by molar-refractivity contribution is -0.126. The number of aryl methyl sites for hydroxylation is 1. The van der Waals surface area contributed by atoms with Crippen LogP contribution in [0.5, 0.6) is 0 Å². The number of nitrogens with zero attached hydrogens (tertiary/aromatic N) is 3.